The van der Waals surface area contributed by atoms with Crippen molar-refractivity contribution in [3.8, 4) is 5.75 Å². The van der Waals surface area contributed by atoms with Crippen LogP contribution < -0.4 is 4.74 Å². The third-order valence-electron chi connectivity index (χ3n) is 2.68. The maximum Gasteiger partial charge on any atom is 0.128 e. The molecule has 80 valence electrons. The summed E-state index contributed by atoms with van der Waals surface area (Å²) in [5.41, 5.74) is 1.98. The Hall–Kier alpha value is -1.48. The summed E-state index contributed by atoms with van der Waals surface area (Å²) in [5.74, 6) is 0.809. The van der Waals surface area contributed by atoms with Crippen LogP contribution in [0, 0.1) is 0 Å². The molecular formula is C12H15NO2. The predicted octanol–water partition coefficient (Wildman–Crippen LogP) is 2.24. The summed E-state index contributed by atoms with van der Waals surface area (Å²) in [6, 6.07) is 5.88. The van der Waals surface area contributed by atoms with E-state index in [9.17, 15) is 5.11 Å². The number of nitrogens with zero attached hydrogens (tertiary/aromatic N) is 1. The van der Waals surface area contributed by atoms with Gasteiger partial charge in [-0.25, -0.2) is 0 Å². The van der Waals surface area contributed by atoms with E-state index in [1.54, 1.807) is 14.0 Å². The lowest BCUT2D eigenvalue weighted by Gasteiger charge is -2.06. The van der Waals surface area contributed by atoms with Gasteiger partial charge in [0.2, 0.25) is 0 Å². The first-order chi connectivity index (χ1) is 7.15. The van der Waals surface area contributed by atoms with Crippen LogP contribution in [-0.2, 0) is 7.05 Å². The molecule has 3 heteroatoms. The topological polar surface area (TPSA) is 34.4 Å². The van der Waals surface area contributed by atoms with Crippen LogP contribution in [-0.4, -0.2) is 16.8 Å². The maximum atomic E-state index is 9.69. The molecule has 1 heterocycles. The number of ether oxygens (including phenoxy) is 1. The van der Waals surface area contributed by atoms with Gasteiger partial charge in [-0.3, -0.25) is 0 Å². The van der Waals surface area contributed by atoms with E-state index < -0.39 is 6.10 Å². The fourth-order valence-corrected chi connectivity index (χ4v) is 1.93. The molecule has 0 aliphatic carbocycles. The first kappa shape index (κ1) is 10.1. The lowest BCUT2D eigenvalue weighted by atomic mass is 10.1. The molecule has 3 nitrogen and oxygen atoms in total. The molecule has 2 rings (SSSR count). The van der Waals surface area contributed by atoms with Crippen LogP contribution in [0.5, 0.6) is 5.75 Å². The van der Waals surface area contributed by atoms with Crippen LogP contribution in [0.3, 0.4) is 0 Å². The van der Waals surface area contributed by atoms with E-state index in [2.05, 4.69) is 0 Å². The molecule has 1 atom stereocenters. The average molecular weight is 205 g/mol. The molecule has 0 fully saturated rings. The normalized spacial score (nSPS) is 13.1. The molecule has 15 heavy (non-hydrogen) atoms. The molecule has 0 saturated heterocycles. The molecule has 0 aliphatic rings. The Bertz CT molecular complexity index is 486. The Kier molecular flexibility index (Phi) is 2.40. The maximum absolute atomic E-state index is 9.69. The van der Waals surface area contributed by atoms with Crippen molar-refractivity contribution in [2.24, 2.45) is 7.05 Å². The van der Waals surface area contributed by atoms with Crippen LogP contribution in [0.4, 0.5) is 0 Å². The number of aliphatic hydroxyl groups is 1. The second-order valence-electron chi connectivity index (χ2n) is 3.73. The smallest absolute Gasteiger partial charge is 0.128 e. The van der Waals surface area contributed by atoms with E-state index in [0.717, 1.165) is 22.2 Å². The highest BCUT2D eigenvalue weighted by atomic mass is 16.5. The minimum absolute atomic E-state index is 0.481. The molecule has 0 bridgehead atoms. The Balaban J connectivity index is 2.82. The molecule has 2 aromatic rings. The number of rotatable bonds is 2. The van der Waals surface area contributed by atoms with Crippen LogP contribution in [0.15, 0.2) is 24.4 Å². The van der Waals surface area contributed by atoms with Gasteiger partial charge in [-0.15, -0.1) is 0 Å². The van der Waals surface area contributed by atoms with Gasteiger partial charge in [-0.2, -0.15) is 0 Å². The zero-order chi connectivity index (χ0) is 11.0. The van der Waals surface area contributed by atoms with Crippen LogP contribution >= 0.6 is 0 Å². The fourth-order valence-electron chi connectivity index (χ4n) is 1.93. The molecule has 1 N–H and O–H groups in total. The first-order valence-corrected chi connectivity index (χ1v) is 4.95. The van der Waals surface area contributed by atoms with Crippen LogP contribution in [0.25, 0.3) is 10.9 Å². The Labute approximate surface area is 88.9 Å². The number of benzene rings is 1. The van der Waals surface area contributed by atoms with Gasteiger partial charge in [0, 0.05) is 24.2 Å². The third-order valence-corrected chi connectivity index (χ3v) is 2.68. The van der Waals surface area contributed by atoms with Crippen molar-refractivity contribution in [1.29, 1.82) is 0 Å². The molecule has 1 aromatic heterocycles. The van der Waals surface area contributed by atoms with Crippen molar-refractivity contribution in [1.82, 2.24) is 4.57 Å². The zero-order valence-electron chi connectivity index (χ0n) is 9.19. The van der Waals surface area contributed by atoms with Gasteiger partial charge < -0.3 is 14.4 Å². The summed E-state index contributed by atoms with van der Waals surface area (Å²) < 4.78 is 7.31. The highest BCUT2D eigenvalue weighted by molar-refractivity contribution is 5.90. The summed E-state index contributed by atoms with van der Waals surface area (Å²) in [6.07, 6.45) is 1.46. The van der Waals surface area contributed by atoms with E-state index in [0.29, 0.717) is 0 Å². The monoisotopic (exact) mass is 205 g/mol. The van der Waals surface area contributed by atoms with E-state index in [4.69, 9.17) is 4.74 Å². The number of aromatic nitrogens is 1. The summed E-state index contributed by atoms with van der Waals surface area (Å²) in [5, 5.41) is 10.7. The van der Waals surface area contributed by atoms with Crippen LogP contribution in [0.2, 0.25) is 0 Å². The number of hydrogen-bond acceptors (Lipinski definition) is 2. The molecule has 0 radical (unpaired) electrons. The van der Waals surface area contributed by atoms with Crippen molar-refractivity contribution < 1.29 is 9.84 Å². The quantitative estimate of drug-likeness (QED) is 0.815. The lowest BCUT2D eigenvalue weighted by molar-refractivity contribution is 0.200. The van der Waals surface area contributed by atoms with Crippen molar-refractivity contribution in [3.63, 3.8) is 0 Å². The van der Waals surface area contributed by atoms with E-state index in [-0.39, 0.29) is 0 Å². The Morgan fingerprint density at radius 3 is 2.73 bits per heavy atom. The van der Waals surface area contributed by atoms with Gasteiger partial charge in [0.15, 0.2) is 0 Å². The Morgan fingerprint density at radius 1 is 1.40 bits per heavy atom. The van der Waals surface area contributed by atoms with Gasteiger partial charge in [-0.05, 0) is 19.1 Å². The number of methoxy groups -OCH3 is 1. The van der Waals surface area contributed by atoms with Crippen molar-refractivity contribution in [3.05, 3.63) is 30.0 Å². The number of aliphatic hydroxyl groups excluding tert-OH is 1. The Morgan fingerprint density at radius 2 is 2.13 bits per heavy atom. The van der Waals surface area contributed by atoms with Gasteiger partial charge in [-0.1, -0.05) is 6.07 Å². The van der Waals surface area contributed by atoms with E-state index in [1.165, 1.54) is 0 Å². The van der Waals surface area contributed by atoms with Crippen molar-refractivity contribution in [2.75, 3.05) is 7.11 Å². The molecule has 0 saturated carbocycles. The minimum Gasteiger partial charge on any atom is -0.496 e. The summed E-state index contributed by atoms with van der Waals surface area (Å²) >= 11 is 0. The van der Waals surface area contributed by atoms with Crippen molar-refractivity contribution in [2.45, 2.75) is 13.0 Å². The van der Waals surface area contributed by atoms with E-state index >= 15 is 0 Å². The number of hydrogen-bond donors (Lipinski definition) is 1. The molecule has 0 amide bonds. The van der Waals surface area contributed by atoms with Gasteiger partial charge in [0.05, 0.1) is 18.7 Å². The fraction of sp³-hybridized carbons (Fsp3) is 0.333. The standard InChI is InChI=1S/C12H15NO2/c1-8(14)9-7-13(2)10-5-4-6-11(15-3)12(9)10/h4-8,14H,1-3H3. The SMILES string of the molecule is COc1cccc2c1c(C(C)O)cn2C. The van der Waals surface area contributed by atoms with Gasteiger partial charge in [0.1, 0.15) is 5.75 Å². The zero-order valence-corrected chi connectivity index (χ0v) is 9.19. The highest BCUT2D eigenvalue weighted by Crippen LogP contribution is 2.33. The largest absolute Gasteiger partial charge is 0.496 e. The first-order valence-electron chi connectivity index (χ1n) is 4.95. The molecule has 0 spiro atoms. The minimum atomic E-state index is -0.481. The molecule has 1 unspecified atom stereocenters. The van der Waals surface area contributed by atoms with Gasteiger partial charge >= 0.3 is 0 Å². The molecule has 1 aromatic carbocycles. The summed E-state index contributed by atoms with van der Waals surface area (Å²) in [4.78, 5) is 0. The second kappa shape index (κ2) is 3.59. The van der Waals surface area contributed by atoms with E-state index in [1.807, 2.05) is 36.0 Å². The second-order valence-corrected chi connectivity index (χ2v) is 3.73. The number of fused-ring (bicyclic) bond motifs is 1. The summed E-state index contributed by atoms with van der Waals surface area (Å²) in [7, 11) is 3.61. The third kappa shape index (κ3) is 1.49. The predicted molar refractivity (Wildman–Crippen MR) is 60.1 cm³/mol. The molecular weight excluding hydrogens is 190 g/mol. The average Bonchev–Trinajstić information content (AvgIpc) is 2.56. The molecule has 0 aliphatic heterocycles. The van der Waals surface area contributed by atoms with Crippen molar-refractivity contribution >= 4 is 10.9 Å². The van der Waals surface area contributed by atoms with Crippen LogP contribution in [0.1, 0.15) is 18.6 Å². The van der Waals surface area contributed by atoms with Gasteiger partial charge in [0.25, 0.3) is 0 Å². The lowest BCUT2D eigenvalue weighted by Crippen LogP contribution is -1.90. The summed E-state index contributed by atoms with van der Waals surface area (Å²) in [6.45, 7) is 1.77. The number of aryl methyl sites for hydroxylation is 1. The highest BCUT2D eigenvalue weighted by Gasteiger charge is 2.14.